The zero-order valence-corrected chi connectivity index (χ0v) is 19.7. The number of nitrogens with one attached hydrogen (secondary N) is 1. The second-order valence-electron chi connectivity index (χ2n) is 8.86. The van der Waals surface area contributed by atoms with E-state index in [9.17, 15) is 14.4 Å². The third-order valence-electron chi connectivity index (χ3n) is 6.32. The quantitative estimate of drug-likeness (QED) is 0.592. The summed E-state index contributed by atoms with van der Waals surface area (Å²) in [6.07, 6.45) is 0.142. The van der Waals surface area contributed by atoms with Gasteiger partial charge in [-0.15, -0.1) is 0 Å². The molecule has 3 aromatic carbocycles. The number of rotatable bonds is 6. The fourth-order valence-corrected chi connectivity index (χ4v) is 4.17. The molecule has 1 aliphatic heterocycles. The maximum atomic E-state index is 13.1. The van der Waals surface area contributed by atoms with Crippen molar-refractivity contribution in [1.82, 2.24) is 4.90 Å². The first-order chi connectivity index (χ1) is 16.3. The van der Waals surface area contributed by atoms with Crippen LogP contribution in [0.15, 0.2) is 72.8 Å². The van der Waals surface area contributed by atoms with Gasteiger partial charge in [-0.1, -0.05) is 48.5 Å². The van der Waals surface area contributed by atoms with Gasteiger partial charge in [-0.05, 0) is 54.8 Å². The molecule has 3 amide bonds. The number of carbonyl (C=O) groups is 3. The number of aryl methyl sites for hydroxylation is 2. The molecule has 0 spiro atoms. The molecule has 1 N–H and O–H groups in total. The van der Waals surface area contributed by atoms with Crippen LogP contribution in [0.1, 0.15) is 33.5 Å². The van der Waals surface area contributed by atoms with Gasteiger partial charge in [0.15, 0.2) is 0 Å². The predicted molar refractivity (Wildman–Crippen MR) is 134 cm³/mol. The largest absolute Gasteiger partial charge is 0.337 e. The van der Waals surface area contributed by atoms with E-state index in [1.807, 2.05) is 62.4 Å². The van der Waals surface area contributed by atoms with Crippen LogP contribution in [0.25, 0.3) is 0 Å². The Balaban J connectivity index is 1.46. The van der Waals surface area contributed by atoms with E-state index >= 15 is 0 Å². The van der Waals surface area contributed by atoms with Crippen LogP contribution >= 0.6 is 0 Å². The molecular formula is C28H29N3O3. The first kappa shape index (κ1) is 23.2. The number of benzene rings is 3. The third kappa shape index (κ3) is 5.01. The molecule has 1 saturated heterocycles. The maximum Gasteiger partial charge on any atom is 0.256 e. The summed E-state index contributed by atoms with van der Waals surface area (Å²) in [6.45, 7) is 4.81. The van der Waals surface area contributed by atoms with E-state index in [-0.39, 0.29) is 24.1 Å². The summed E-state index contributed by atoms with van der Waals surface area (Å²) < 4.78 is 0. The summed E-state index contributed by atoms with van der Waals surface area (Å²) in [5.74, 6) is -1.00. The fourth-order valence-electron chi connectivity index (χ4n) is 4.17. The predicted octanol–water partition coefficient (Wildman–Crippen LogP) is 4.57. The van der Waals surface area contributed by atoms with Crippen molar-refractivity contribution >= 4 is 29.1 Å². The number of carbonyl (C=O) groups excluding carboxylic acids is 3. The average Bonchev–Trinajstić information content (AvgIpc) is 3.23. The van der Waals surface area contributed by atoms with E-state index in [2.05, 4.69) is 5.32 Å². The van der Waals surface area contributed by atoms with Gasteiger partial charge in [0, 0.05) is 32.2 Å². The number of anilines is 2. The molecule has 174 valence electrons. The van der Waals surface area contributed by atoms with Crippen molar-refractivity contribution in [3.05, 3.63) is 95.1 Å². The third-order valence-corrected chi connectivity index (χ3v) is 6.32. The second kappa shape index (κ2) is 9.91. The molecular weight excluding hydrogens is 426 g/mol. The van der Waals surface area contributed by atoms with Crippen LogP contribution in [0.2, 0.25) is 0 Å². The normalized spacial score (nSPS) is 15.3. The minimum absolute atomic E-state index is 0.0737. The summed E-state index contributed by atoms with van der Waals surface area (Å²) in [4.78, 5) is 42.2. The Labute approximate surface area is 200 Å². The Hall–Kier alpha value is -3.93. The number of amides is 3. The molecule has 1 atom stereocenters. The Morgan fingerprint density at radius 1 is 0.971 bits per heavy atom. The van der Waals surface area contributed by atoms with Crippen molar-refractivity contribution in [2.24, 2.45) is 5.92 Å². The highest BCUT2D eigenvalue weighted by molar-refractivity contribution is 6.07. The van der Waals surface area contributed by atoms with E-state index in [0.717, 1.165) is 22.4 Å². The number of para-hydroxylation sites is 1. The molecule has 4 rings (SSSR count). The SMILES string of the molecule is Cc1ccc(N2CC(C(=O)Nc3ccccc3C(=O)N(C)Cc3ccccc3)CC2=O)cc1C. The van der Waals surface area contributed by atoms with Gasteiger partial charge in [0.2, 0.25) is 11.8 Å². The molecule has 0 saturated carbocycles. The van der Waals surface area contributed by atoms with E-state index < -0.39 is 5.92 Å². The van der Waals surface area contributed by atoms with Gasteiger partial charge in [0.25, 0.3) is 5.91 Å². The number of hydrogen-bond donors (Lipinski definition) is 1. The van der Waals surface area contributed by atoms with Gasteiger partial charge in [-0.3, -0.25) is 14.4 Å². The summed E-state index contributed by atoms with van der Waals surface area (Å²) in [5, 5.41) is 2.90. The van der Waals surface area contributed by atoms with Crippen molar-refractivity contribution in [1.29, 1.82) is 0 Å². The van der Waals surface area contributed by atoms with Crippen LogP contribution in [-0.2, 0) is 16.1 Å². The van der Waals surface area contributed by atoms with Crippen LogP contribution < -0.4 is 10.2 Å². The van der Waals surface area contributed by atoms with E-state index in [1.165, 1.54) is 0 Å². The average molecular weight is 456 g/mol. The molecule has 1 fully saturated rings. The first-order valence-corrected chi connectivity index (χ1v) is 11.4. The lowest BCUT2D eigenvalue weighted by Crippen LogP contribution is -2.30. The van der Waals surface area contributed by atoms with Gasteiger partial charge >= 0.3 is 0 Å². The maximum absolute atomic E-state index is 13.1. The van der Waals surface area contributed by atoms with E-state index in [4.69, 9.17) is 0 Å². The highest BCUT2D eigenvalue weighted by atomic mass is 16.2. The van der Waals surface area contributed by atoms with Gasteiger partial charge in [0.1, 0.15) is 0 Å². The van der Waals surface area contributed by atoms with Crippen LogP contribution in [0.4, 0.5) is 11.4 Å². The van der Waals surface area contributed by atoms with Crippen molar-refractivity contribution < 1.29 is 14.4 Å². The molecule has 0 radical (unpaired) electrons. The number of nitrogens with zero attached hydrogens (tertiary/aromatic N) is 2. The molecule has 1 heterocycles. The van der Waals surface area contributed by atoms with Gasteiger partial charge in [-0.2, -0.15) is 0 Å². The minimum atomic E-state index is -0.487. The summed E-state index contributed by atoms with van der Waals surface area (Å²) >= 11 is 0. The monoisotopic (exact) mass is 455 g/mol. The highest BCUT2D eigenvalue weighted by Gasteiger charge is 2.35. The zero-order chi connectivity index (χ0) is 24.2. The molecule has 0 bridgehead atoms. The van der Waals surface area contributed by atoms with Crippen molar-refractivity contribution in [2.75, 3.05) is 23.8 Å². The molecule has 34 heavy (non-hydrogen) atoms. The molecule has 0 aliphatic carbocycles. The molecule has 0 aromatic heterocycles. The molecule has 1 unspecified atom stereocenters. The van der Waals surface area contributed by atoms with Crippen molar-refractivity contribution in [3.8, 4) is 0 Å². The molecule has 3 aromatic rings. The van der Waals surface area contributed by atoms with Crippen LogP contribution in [0.5, 0.6) is 0 Å². The van der Waals surface area contributed by atoms with Crippen molar-refractivity contribution in [2.45, 2.75) is 26.8 Å². The highest BCUT2D eigenvalue weighted by Crippen LogP contribution is 2.28. The Kier molecular flexibility index (Phi) is 6.77. The summed E-state index contributed by atoms with van der Waals surface area (Å²) in [6, 6.07) is 22.6. The van der Waals surface area contributed by atoms with Crippen molar-refractivity contribution in [3.63, 3.8) is 0 Å². The van der Waals surface area contributed by atoms with Crippen LogP contribution in [0.3, 0.4) is 0 Å². The lowest BCUT2D eigenvalue weighted by atomic mass is 10.1. The lowest BCUT2D eigenvalue weighted by Gasteiger charge is -2.20. The smallest absolute Gasteiger partial charge is 0.256 e. The van der Waals surface area contributed by atoms with Crippen LogP contribution in [-0.4, -0.2) is 36.2 Å². The second-order valence-corrected chi connectivity index (χ2v) is 8.86. The van der Waals surface area contributed by atoms with Gasteiger partial charge in [0.05, 0.1) is 17.2 Å². The topological polar surface area (TPSA) is 69.7 Å². The minimum Gasteiger partial charge on any atom is -0.337 e. The van der Waals surface area contributed by atoms with Crippen LogP contribution in [0, 0.1) is 19.8 Å². The van der Waals surface area contributed by atoms with E-state index in [1.54, 1.807) is 41.1 Å². The molecule has 6 heteroatoms. The molecule has 1 aliphatic rings. The van der Waals surface area contributed by atoms with Gasteiger partial charge < -0.3 is 15.1 Å². The Morgan fingerprint density at radius 3 is 2.41 bits per heavy atom. The molecule has 6 nitrogen and oxygen atoms in total. The first-order valence-electron chi connectivity index (χ1n) is 11.4. The standard InChI is InChI=1S/C28H29N3O3/c1-19-13-14-23(15-20(19)2)31-18-22(16-26(31)32)27(33)29-25-12-8-7-11-24(25)28(34)30(3)17-21-9-5-4-6-10-21/h4-15,22H,16-18H2,1-3H3,(H,29,33). The fraction of sp³-hybridized carbons (Fsp3) is 0.250. The zero-order valence-electron chi connectivity index (χ0n) is 19.7. The Bertz CT molecular complexity index is 1220. The summed E-state index contributed by atoms with van der Waals surface area (Å²) in [5.41, 5.74) is 4.96. The van der Waals surface area contributed by atoms with E-state index in [0.29, 0.717) is 24.3 Å². The summed E-state index contributed by atoms with van der Waals surface area (Å²) in [7, 11) is 1.74. The van der Waals surface area contributed by atoms with Gasteiger partial charge in [-0.25, -0.2) is 0 Å². The lowest BCUT2D eigenvalue weighted by molar-refractivity contribution is -0.122. The Morgan fingerprint density at radius 2 is 1.68 bits per heavy atom. The number of hydrogen-bond acceptors (Lipinski definition) is 3.